The topological polar surface area (TPSA) is 53.7 Å². The monoisotopic (exact) mass is 309 g/mol. The van der Waals surface area contributed by atoms with Crippen molar-refractivity contribution in [2.75, 3.05) is 21.3 Å². The summed E-state index contributed by atoms with van der Waals surface area (Å²) in [5.41, 5.74) is 7.38. The minimum Gasteiger partial charge on any atom is -0.493 e. The molecule has 1 aromatic rings. The zero-order valence-corrected chi connectivity index (χ0v) is 14.5. The molecule has 0 aliphatic rings. The van der Waals surface area contributed by atoms with Crippen molar-refractivity contribution in [3.05, 3.63) is 17.7 Å². The van der Waals surface area contributed by atoms with E-state index in [1.54, 1.807) is 21.3 Å². The van der Waals surface area contributed by atoms with Gasteiger partial charge in [-0.2, -0.15) is 0 Å². The predicted octanol–water partition coefficient (Wildman–Crippen LogP) is 3.94. The molecule has 126 valence electrons. The van der Waals surface area contributed by atoms with E-state index in [4.69, 9.17) is 19.9 Å². The average Bonchev–Trinajstić information content (AvgIpc) is 2.53. The van der Waals surface area contributed by atoms with Gasteiger partial charge >= 0.3 is 0 Å². The van der Waals surface area contributed by atoms with Crippen LogP contribution in [0.4, 0.5) is 0 Å². The first kappa shape index (κ1) is 18.6. The lowest BCUT2D eigenvalue weighted by Gasteiger charge is -2.16. The second-order valence-electron chi connectivity index (χ2n) is 5.70. The second-order valence-corrected chi connectivity index (χ2v) is 5.70. The minimum absolute atomic E-state index is 0.171. The van der Waals surface area contributed by atoms with E-state index in [1.165, 1.54) is 32.1 Å². The quantitative estimate of drug-likeness (QED) is 0.629. The first-order chi connectivity index (χ1) is 10.7. The van der Waals surface area contributed by atoms with E-state index in [0.29, 0.717) is 17.2 Å². The maximum absolute atomic E-state index is 6.26. The van der Waals surface area contributed by atoms with E-state index in [2.05, 4.69) is 6.92 Å². The Kier molecular flexibility index (Phi) is 8.75. The highest BCUT2D eigenvalue weighted by atomic mass is 16.5. The van der Waals surface area contributed by atoms with Gasteiger partial charge in [-0.15, -0.1) is 0 Å². The first-order valence-corrected chi connectivity index (χ1v) is 8.20. The molecule has 4 nitrogen and oxygen atoms in total. The average molecular weight is 309 g/mol. The maximum Gasteiger partial charge on any atom is 0.203 e. The van der Waals surface area contributed by atoms with Crippen LogP contribution in [0, 0.1) is 0 Å². The molecule has 0 aromatic heterocycles. The summed E-state index contributed by atoms with van der Waals surface area (Å²) >= 11 is 0. The van der Waals surface area contributed by atoms with Crippen molar-refractivity contribution in [2.45, 2.75) is 57.9 Å². The third-order valence-electron chi connectivity index (χ3n) is 3.90. The van der Waals surface area contributed by atoms with Gasteiger partial charge in [0.25, 0.3) is 0 Å². The third-order valence-corrected chi connectivity index (χ3v) is 3.90. The van der Waals surface area contributed by atoms with Crippen LogP contribution in [0.15, 0.2) is 12.1 Å². The molecule has 0 fully saturated rings. The van der Waals surface area contributed by atoms with Gasteiger partial charge in [0.2, 0.25) is 5.75 Å². The highest BCUT2D eigenvalue weighted by Crippen LogP contribution is 2.38. The van der Waals surface area contributed by atoms with E-state index >= 15 is 0 Å². The Labute approximate surface area is 134 Å². The van der Waals surface area contributed by atoms with Crippen LogP contribution in [0.3, 0.4) is 0 Å². The van der Waals surface area contributed by atoms with Gasteiger partial charge in [-0.3, -0.25) is 0 Å². The molecule has 0 saturated carbocycles. The number of unbranched alkanes of at least 4 members (excludes halogenated alkanes) is 4. The molecule has 0 amide bonds. The highest BCUT2D eigenvalue weighted by Gasteiger charge is 2.14. The van der Waals surface area contributed by atoms with Crippen molar-refractivity contribution >= 4 is 0 Å². The summed E-state index contributed by atoms with van der Waals surface area (Å²) in [6.45, 7) is 2.23. The number of hydrogen-bond acceptors (Lipinski definition) is 4. The summed E-state index contributed by atoms with van der Waals surface area (Å²) < 4.78 is 16.1. The van der Waals surface area contributed by atoms with Crippen molar-refractivity contribution < 1.29 is 14.2 Å². The van der Waals surface area contributed by atoms with Crippen LogP contribution < -0.4 is 19.9 Å². The zero-order valence-electron chi connectivity index (χ0n) is 14.5. The normalized spacial score (nSPS) is 12.0. The van der Waals surface area contributed by atoms with E-state index in [0.717, 1.165) is 18.4 Å². The number of hydrogen-bond donors (Lipinski definition) is 1. The fraction of sp³-hybridized carbons (Fsp3) is 0.667. The lowest BCUT2D eigenvalue weighted by molar-refractivity contribution is 0.323. The number of ether oxygens (including phenoxy) is 3. The van der Waals surface area contributed by atoms with E-state index < -0.39 is 0 Å². The molecule has 1 rings (SSSR count). The number of rotatable bonds is 11. The molecule has 1 atom stereocenters. The van der Waals surface area contributed by atoms with Crippen molar-refractivity contribution in [3.63, 3.8) is 0 Å². The van der Waals surface area contributed by atoms with Crippen LogP contribution in [-0.4, -0.2) is 27.4 Å². The number of methoxy groups -OCH3 is 3. The van der Waals surface area contributed by atoms with E-state index in [-0.39, 0.29) is 6.04 Å². The van der Waals surface area contributed by atoms with Crippen LogP contribution in [0.2, 0.25) is 0 Å². The molecule has 0 heterocycles. The fourth-order valence-electron chi connectivity index (χ4n) is 2.67. The van der Waals surface area contributed by atoms with E-state index in [1.807, 2.05) is 12.1 Å². The Balaban J connectivity index is 2.61. The van der Waals surface area contributed by atoms with Gasteiger partial charge in [0.15, 0.2) is 11.5 Å². The van der Waals surface area contributed by atoms with Gasteiger partial charge in [-0.05, 0) is 30.5 Å². The zero-order chi connectivity index (χ0) is 16.4. The standard InChI is InChI=1S/C18H31NO3/c1-5-6-7-8-9-10-15(19)11-14-12-16(20-2)18(22-4)17(13-14)21-3/h12-13,15H,5-11,19H2,1-4H3. The molecule has 1 aromatic carbocycles. The number of benzene rings is 1. The van der Waals surface area contributed by atoms with Gasteiger partial charge < -0.3 is 19.9 Å². The fourth-order valence-corrected chi connectivity index (χ4v) is 2.67. The Morgan fingerprint density at radius 1 is 0.909 bits per heavy atom. The Morgan fingerprint density at radius 2 is 1.50 bits per heavy atom. The molecule has 0 bridgehead atoms. The minimum atomic E-state index is 0.171. The van der Waals surface area contributed by atoms with Crippen LogP contribution in [0.1, 0.15) is 51.0 Å². The predicted molar refractivity (Wildman–Crippen MR) is 91.2 cm³/mol. The van der Waals surface area contributed by atoms with E-state index in [9.17, 15) is 0 Å². The summed E-state index contributed by atoms with van der Waals surface area (Å²) in [6, 6.07) is 4.14. The largest absolute Gasteiger partial charge is 0.493 e. The van der Waals surface area contributed by atoms with Gasteiger partial charge in [0, 0.05) is 6.04 Å². The van der Waals surface area contributed by atoms with Crippen LogP contribution in [-0.2, 0) is 6.42 Å². The smallest absolute Gasteiger partial charge is 0.203 e. The maximum atomic E-state index is 6.26. The molecule has 22 heavy (non-hydrogen) atoms. The highest BCUT2D eigenvalue weighted by molar-refractivity contribution is 5.53. The van der Waals surface area contributed by atoms with Gasteiger partial charge in [-0.25, -0.2) is 0 Å². The molecule has 2 N–H and O–H groups in total. The Hall–Kier alpha value is -1.42. The SMILES string of the molecule is CCCCCCCC(N)Cc1cc(OC)c(OC)c(OC)c1. The van der Waals surface area contributed by atoms with Crippen LogP contribution in [0.25, 0.3) is 0 Å². The molecule has 4 heteroatoms. The lowest BCUT2D eigenvalue weighted by atomic mass is 10.00. The van der Waals surface area contributed by atoms with Crippen LogP contribution in [0.5, 0.6) is 17.2 Å². The van der Waals surface area contributed by atoms with Crippen molar-refractivity contribution in [3.8, 4) is 17.2 Å². The summed E-state index contributed by atoms with van der Waals surface area (Å²) in [4.78, 5) is 0. The molecule has 1 unspecified atom stereocenters. The lowest BCUT2D eigenvalue weighted by Crippen LogP contribution is -2.22. The Morgan fingerprint density at radius 3 is 2.00 bits per heavy atom. The number of nitrogens with two attached hydrogens (primary N) is 1. The molecule has 0 aliphatic carbocycles. The summed E-state index contributed by atoms with van der Waals surface area (Å²) in [6.07, 6.45) is 8.26. The summed E-state index contributed by atoms with van der Waals surface area (Å²) in [5, 5.41) is 0. The van der Waals surface area contributed by atoms with Crippen LogP contribution >= 0.6 is 0 Å². The second kappa shape index (κ2) is 10.3. The molecular weight excluding hydrogens is 278 g/mol. The Bertz CT molecular complexity index is 409. The third kappa shape index (κ3) is 5.76. The molecule has 0 saturated heterocycles. The van der Waals surface area contributed by atoms with Crippen molar-refractivity contribution in [2.24, 2.45) is 5.73 Å². The van der Waals surface area contributed by atoms with Crippen molar-refractivity contribution in [1.82, 2.24) is 0 Å². The van der Waals surface area contributed by atoms with Gasteiger partial charge in [0.05, 0.1) is 21.3 Å². The molecular formula is C18H31NO3. The van der Waals surface area contributed by atoms with Gasteiger partial charge in [0.1, 0.15) is 0 Å². The first-order valence-electron chi connectivity index (χ1n) is 8.20. The van der Waals surface area contributed by atoms with Crippen molar-refractivity contribution in [1.29, 1.82) is 0 Å². The molecule has 0 aliphatic heterocycles. The summed E-state index contributed by atoms with van der Waals surface area (Å²) in [5.74, 6) is 2.00. The summed E-state index contributed by atoms with van der Waals surface area (Å²) in [7, 11) is 4.88. The van der Waals surface area contributed by atoms with Gasteiger partial charge in [-0.1, -0.05) is 39.0 Å². The molecule has 0 spiro atoms. The molecule has 0 radical (unpaired) electrons.